The molecule has 0 aliphatic carbocycles. The molecule has 0 aromatic heterocycles. The summed E-state index contributed by atoms with van der Waals surface area (Å²) in [5.74, 6) is -1.48. The number of hydrogen-bond donors (Lipinski definition) is 3. The van der Waals surface area contributed by atoms with Crippen molar-refractivity contribution in [2.75, 3.05) is 6.54 Å². The quantitative estimate of drug-likeness (QED) is 0.613. The fourth-order valence-corrected chi connectivity index (χ4v) is 1.98. The minimum atomic E-state index is -1.09. The smallest absolute Gasteiger partial charge is 0.326 e. The van der Waals surface area contributed by atoms with Gasteiger partial charge in [-0.3, -0.25) is 4.79 Å². The largest absolute Gasteiger partial charge is 0.480 e. The van der Waals surface area contributed by atoms with Gasteiger partial charge in [-0.05, 0) is 5.92 Å². The van der Waals surface area contributed by atoms with Crippen LogP contribution in [0, 0.1) is 5.92 Å². The molecule has 4 atom stereocenters. The van der Waals surface area contributed by atoms with Gasteiger partial charge >= 0.3 is 5.97 Å². The molecule has 0 radical (unpaired) electrons. The van der Waals surface area contributed by atoms with Gasteiger partial charge in [0, 0.05) is 13.0 Å². The van der Waals surface area contributed by atoms with Crippen molar-refractivity contribution in [1.82, 2.24) is 4.90 Å². The average molecular weight is 244 g/mol. The van der Waals surface area contributed by atoms with Crippen molar-refractivity contribution in [2.45, 2.75) is 44.9 Å². The van der Waals surface area contributed by atoms with Crippen LogP contribution < -0.4 is 5.73 Å². The summed E-state index contributed by atoms with van der Waals surface area (Å²) >= 11 is 0. The zero-order chi connectivity index (χ0) is 13.2. The number of aliphatic carboxylic acids is 1. The Hall–Kier alpha value is -1.14. The molecule has 6 heteroatoms. The number of β-amino-alcohol motifs (C(OH)–C–C–N with tert-alkyl or cyclic N) is 1. The van der Waals surface area contributed by atoms with Gasteiger partial charge in [-0.1, -0.05) is 20.3 Å². The molecule has 0 saturated carbocycles. The van der Waals surface area contributed by atoms with Gasteiger partial charge in [0.25, 0.3) is 0 Å². The summed E-state index contributed by atoms with van der Waals surface area (Å²) in [5.41, 5.74) is 5.79. The van der Waals surface area contributed by atoms with E-state index in [0.717, 1.165) is 6.42 Å². The first-order valence-electron chi connectivity index (χ1n) is 5.85. The van der Waals surface area contributed by atoms with Crippen molar-refractivity contribution >= 4 is 11.9 Å². The van der Waals surface area contributed by atoms with Crippen LogP contribution in [0.2, 0.25) is 0 Å². The zero-order valence-electron chi connectivity index (χ0n) is 10.2. The molecule has 17 heavy (non-hydrogen) atoms. The van der Waals surface area contributed by atoms with Crippen LogP contribution in [0.1, 0.15) is 26.7 Å². The molecule has 1 fully saturated rings. The third kappa shape index (κ3) is 2.95. The fraction of sp³-hybridized carbons (Fsp3) is 0.818. The average Bonchev–Trinajstić information content (AvgIpc) is 2.68. The van der Waals surface area contributed by atoms with E-state index in [4.69, 9.17) is 10.8 Å². The second kappa shape index (κ2) is 5.46. The molecule has 98 valence electrons. The number of carboxylic acids is 1. The number of nitrogens with zero attached hydrogens (tertiary/aromatic N) is 1. The van der Waals surface area contributed by atoms with Crippen molar-refractivity contribution in [3.63, 3.8) is 0 Å². The Labute approximate surface area is 100 Å². The van der Waals surface area contributed by atoms with Gasteiger partial charge in [0.05, 0.1) is 12.1 Å². The van der Waals surface area contributed by atoms with Gasteiger partial charge in [0.2, 0.25) is 5.91 Å². The summed E-state index contributed by atoms with van der Waals surface area (Å²) < 4.78 is 0. The van der Waals surface area contributed by atoms with Crippen LogP contribution in [-0.4, -0.2) is 51.7 Å². The molecule has 0 aromatic carbocycles. The topological polar surface area (TPSA) is 104 Å². The molecule has 1 rings (SSSR count). The summed E-state index contributed by atoms with van der Waals surface area (Å²) in [6.07, 6.45) is 0.0548. The first-order chi connectivity index (χ1) is 7.88. The van der Waals surface area contributed by atoms with Crippen LogP contribution in [0.15, 0.2) is 0 Å². The molecule has 1 aliphatic rings. The molecule has 6 nitrogen and oxygen atoms in total. The summed E-state index contributed by atoms with van der Waals surface area (Å²) in [6, 6.07) is -1.65. The highest BCUT2D eigenvalue weighted by Crippen LogP contribution is 2.20. The Morgan fingerprint density at radius 3 is 2.59 bits per heavy atom. The van der Waals surface area contributed by atoms with E-state index in [1.165, 1.54) is 4.90 Å². The van der Waals surface area contributed by atoms with Crippen molar-refractivity contribution < 1.29 is 19.8 Å². The van der Waals surface area contributed by atoms with Crippen LogP contribution in [0.25, 0.3) is 0 Å². The standard InChI is InChI=1S/C11H20N2O4/c1-3-6(2)9(12)10(15)13-5-7(14)4-8(13)11(16)17/h6-9,14H,3-5,12H2,1-2H3,(H,16,17)/t6-,7-,8-,9-/m0/s1. The van der Waals surface area contributed by atoms with Crippen LogP contribution in [0.3, 0.4) is 0 Å². The van der Waals surface area contributed by atoms with E-state index in [1.807, 2.05) is 13.8 Å². The number of carbonyl (C=O) groups excluding carboxylic acids is 1. The minimum Gasteiger partial charge on any atom is -0.480 e. The number of carboxylic acid groups (broad SMARTS) is 1. The van der Waals surface area contributed by atoms with E-state index in [9.17, 15) is 14.7 Å². The molecule has 1 saturated heterocycles. The number of carbonyl (C=O) groups is 2. The van der Waals surface area contributed by atoms with Crippen LogP contribution in [0.5, 0.6) is 0 Å². The van der Waals surface area contributed by atoms with Crippen molar-refractivity contribution in [3.05, 3.63) is 0 Å². The molecule has 1 heterocycles. The van der Waals surface area contributed by atoms with Gasteiger partial charge in [0.1, 0.15) is 6.04 Å². The Morgan fingerprint density at radius 1 is 1.53 bits per heavy atom. The van der Waals surface area contributed by atoms with Crippen molar-refractivity contribution in [2.24, 2.45) is 11.7 Å². The Kier molecular flexibility index (Phi) is 4.47. The second-order valence-corrected chi connectivity index (χ2v) is 4.65. The first-order valence-corrected chi connectivity index (χ1v) is 5.85. The molecule has 0 spiro atoms. The van der Waals surface area contributed by atoms with Gasteiger partial charge in [-0.15, -0.1) is 0 Å². The lowest BCUT2D eigenvalue weighted by atomic mass is 9.98. The SMILES string of the molecule is CC[C@H](C)[C@H](N)C(=O)N1C[C@@H](O)C[C@H]1C(=O)O. The Balaban J connectivity index is 2.77. The highest BCUT2D eigenvalue weighted by atomic mass is 16.4. The molecule has 0 bridgehead atoms. The number of aliphatic hydroxyl groups excluding tert-OH is 1. The molecule has 0 unspecified atom stereocenters. The van der Waals surface area contributed by atoms with E-state index >= 15 is 0 Å². The van der Waals surface area contributed by atoms with E-state index in [1.54, 1.807) is 0 Å². The van der Waals surface area contributed by atoms with Crippen LogP contribution >= 0.6 is 0 Å². The predicted octanol–water partition coefficient (Wildman–Crippen LogP) is -0.594. The second-order valence-electron chi connectivity index (χ2n) is 4.65. The van der Waals surface area contributed by atoms with Gasteiger partial charge < -0.3 is 20.8 Å². The lowest BCUT2D eigenvalue weighted by molar-refractivity contribution is -0.149. The number of aliphatic hydroxyl groups is 1. The third-order valence-corrected chi connectivity index (χ3v) is 3.39. The molecule has 1 aliphatic heterocycles. The maximum Gasteiger partial charge on any atom is 0.326 e. The van der Waals surface area contributed by atoms with E-state index in [2.05, 4.69) is 0 Å². The van der Waals surface area contributed by atoms with Gasteiger partial charge in [0.15, 0.2) is 0 Å². The summed E-state index contributed by atoms with van der Waals surface area (Å²) in [5, 5.41) is 18.4. The zero-order valence-corrected chi connectivity index (χ0v) is 10.2. The predicted molar refractivity (Wildman–Crippen MR) is 61.2 cm³/mol. The highest BCUT2D eigenvalue weighted by molar-refractivity contribution is 5.87. The van der Waals surface area contributed by atoms with Gasteiger partial charge in [-0.25, -0.2) is 4.79 Å². The van der Waals surface area contributed by atoms with Crippen LogP contribution in [-0.2, 0) is 9.59 Å². The molecular weight excluding hydrogens is 224 g/mol. The Morgan fingerprint density at radius 2 is 2.12 bits per heavy atom. The number of hydrogen-bond acceptors (Lipinski definition) is 4. The first kappa shape index (κ1) is 13.9. The fourth-order valence-electron chi connectivity index (χ4n) is 1.98. The number of amides is 1. The summed E-state index contributed by atoms with van der Waals surface area (Å²) in [7, 11) is 0. The molecule has 4 N–H and O–H groups in total. The lowest BCUT2D eigenvalue weighted by Crippen LogP contribution is -2.50. The monoisotopic (exact) mass is 244 g/mol. The number of likely N-dealkylation sites (tertiary alicyclic amines) is 1. The maximum absolute atomic E-state index is 12.0. The summed E-state index contributed by atoms with van der Waals surface area (Å²) in [6.45, 7) is 3.83. The van der Waals surface area contributed by atoms with Crippen LogP contribution in [0.4, 0.5) is 0 Å². The number of rotatable bonds is 4. The van der Waals surface area contributed by atoms with Gasteiger partial charge in [-0.2, -0.15) is 0 Å². The van der Waals surface area contributed by atoms with Crippen molar-refractivity contribution in [1.29, 1.82) is 0 Å². The van der Waals surface area contributed by atoms with E-state index in [0.29, 0.717) is 0 Å². The van der Waals surface area contributed by atoms with E-state index in [-0.39, 0.29) is 24.8 Å². The highest BCUT2D eigenvalue weighted by Gasteiger charge is 2.41. The third-order valence-electron chi connectivity index (χ3n) is 3.39. The normalized spacial score (nSPS) is 27.9. The van der Waals surface area contributed by atoms with Crippen molar-refractivity contribution in [3.8, 4) is 0 Å². The minimum absolute atomic E-state index is 0.00492. The molecule has 0 aromatic rings. The lowest BCUT2D eigenvalue weighted by Gasteiger charge is -2.27. The Bertz CT molecular complexity index is 308. The summed E-state index contributed by atoms with van der Waals surface area (Å²) in [4.78, 5) is 24.2. The molecular formula is C11H20N2O4. The molecule has 1 amide bonds. The number of nitrogens with two attached hydrogens (primary N) is 1. The maximum atomic E-state index is 12.0. The van der Waals surface area contributed by atoms with E-state index < -0.39 is 24.2 Å².